The molecule has 9 heteroatoms. The van der Waals surface area contributed by atoms with Gasteiger partial charge in [-0.2, -0.15) is 4.39 Å². The van der Waals surface area contributed by atoms with Gasteiger partial charge in [0, 0.05) is 23.9 Å². The summed E-state index contributed by atoms with van der Waals surface area (Å²) in [5.74, 6) is -0.463. The molecule has 1 saturated heterocycles. The monoisotopic (exact) mass is 515 g/mol. The van der Waals surface area contributed by atoms with E-state index in [2.05, 4.69) is 14.9 Å². The first-order valence-electron chi connectivity index (χ1n) is 12.2. The second-order valence-electron chi connectivity index (χ2n) is 9.12. The molecule has 3 aromatic rings. The van der Waals surface area contributed by atoms with Crippen LogP contribution in [0.5, 0.6) is 5.75 Å². The molecule has 0 saturated carbocycles. The highest BCUT2D eigenvalue weighted by atomic mass is 32.2. The predicted octanol–water partition coefficient (Wildman–Crippen LogP) is 5.77. The van der Waals surface area contributed by atoms with E-state index in [1.807, 2.05) is 6.07 Å². The molecule has 0 aliphatic carbocycles. The molecule has 3 atom stereocenters. The molecule has 4 rings (SSSR count). The first-order valence-corrected chi connectivity index (χ1v) is 13.2. The fourth-order valence-electron chi connectivity index (χ4n) is 4.89. The first-order chi connectivity index (χ1) is 17.4. The molecule has 2 aromatic heterocycles. The number of fused-ring (bicyclic) bond motifs is 1. The van der Waals surface area contributed by atoms with Gasteiger partial charge in [-0.25, -0.2) is 9.37 Å². The van der Waals surface area contributed by atoms with Crippen LogP contribution in [-0.4, -0.2) is 58.4 Å². The summed E-state index contributed by atoms with van der Waals surface area (Å²) in [6.45, 7) is 2.04. The Hall–Kier alpha value is -2.78. The number of rotatable bonds is 11. The molecule has 6 nitrogen and oxygen atoms in total. The van der Waals surface area contributed by atoms with E-state index >= 15 is 4.39 Å². The van der Waals surface area contributed by atoms with Crippen molar-refractivity contribution in [1.29, 1.82) is 0 Å². The Bertz CT molecular complexity index is 1180. The standard InChI is InChI=1S/C27H31F2N3O3S/c1-35-19-7-9-24-21(16-19)20(10-12-30-24)23(28)8-6-18-11-14-32(17-22(18)27(33)34)13-3-15-36-26-5-2-4-25(29)31-26/h2,4-5,7,9-10,12,16,18,22-23H,3,6,8,11,13-15,17H2,1H3,(H,33,34)/t18-,22+,23?/m1/s1. The van der Waals surface area contributed by atoms with Gasteiger partial charge in [0.2, 0.25) is 5.95 Å². The van der Waals surface area contributed by atoms with Crippen molar-refractivity contribution in [3.05, 3.63) is 60.2 Å². The number of aliphatic carboxylic acids is 1. The highest BCUT2D eigenvalue weighted by Gasteiger charge is 2.34. The van der Waals surface area contributed by atoms with E-state index in [1.165, 1.54) is 17.8 Å². The van der Waals surface area contributed by atoms with Crippen LogP contribution in [0.25, 0.3) is 10.9 Å². The van der Waals surface area contributed by atoms with Gasteiger partial charge in [0.25, 0.3) is 0 Å². The zero-order chi connectivity index (χ0) is 25.5. The Balaban J connectivity index is 1.29. The molecule has 3 heterocycles. The lowest BCUT2D eigenvalue weighted by atomic mass is 9.81. The number of nitrogens with zero attached hydrogens (tertiary/aromatic N) is 3. The molecule has 1 N–H and O–H groups in total. The van der Waals surface area contributed by atoms with Crippen LogP contribution in [0.4, 0.5) is 8.78 Å². The molecule has 1 unspecified atom stereocenters. The van der Waals surface area contributed by atoms with E-state index in [4.69, 9.17) is 4.74 Å². The molecule has 0 spiro atoms. The van der Waals surface area contributed by atoms with Crippen LogP contribution in [0.2, 0.25) is 0 Å². The van der Waals surface area contributed by atoms with E-state index in [0.717, 1.165) is 37.1 Å². The minimum atomic E-state index is -1.21. The van der Waals surface area contributed by atoms with E-state index in [1.54, 1.807) is 43.6 Å². The second kappa shape index (κ2) is 12.5. The van der Waals surface area contributed by atoms with Gasteiger partial charge in [0.05, 0.1) is 23.6 Å². The van der Waals surface area contributed by atoms with Gasteiger partial charge in [-0.1, -0.05) is 6.07 Å². The normalized spacial score (nSPS) is 19.3. The number of halogens is 2. The van der Waals surface area contributed by atoms with Crippen molar-refractivity contribution in [3.63, 3.8) is 0 Å². The molecule has 192 valence electrons. The zero-order valence-electron chi connectivity index (χ0n) is 20.3. The fraction of sp³-hybridized carbons (Fsp3) is 0.444. The molecule has 1 fully saturated rings. The van der Waals surface area contributed by atoms with Crippen molar-refractivity contribution < 1.29 is 23.4 Å². The molecule has 1 aromatic carbocycles. The third-order valence-electron chi connectivity index (χ3n) is 6.83. The number of pyridine rings is 2. The maximum Gasteiger partial charge on any atom is 0.308 e. The maximum absolute atomic E-state index is 15.4. The number of carboxylic acids is 1. The quantitative estimate of drug-likeness (QED) is 0.197. The van der Waals surface area contributed by atoms with Crippen molar-refractivity contribution in [2.24, 2.45) is 11.8 Å². The SMILES string of the molecule is COc1ccc2nccc(C(F)CC[C@@H]3CCN(CCCSc4cccc(F)n4)C[C@@H]3C(=O)O)c2c1. The Morgan fingerprint density at radius 2 is 2.17 bits per heavy atom. The van der Waals surface area contributed by atoms with Crippen LogP contribution < -0.4 is 4.74 Å². The number of ether oxygens (including phenoxy) is 1. The van der Waals surface area contributed by atoms with Crippen LogP contribution in [0.1, 0.15) is 37.4 Å². The number of hydrogen-bond donors (Lipinski definition) is 1. The summed E-state index contributed by atoms with van der Waals surface area (Å²) >= 11 is 1.49. The molecule has 1 aliphatic heterocycles. The summed E-state index contributed by atoms with van der Waals surface area (Å²) in [5, 5.41) is 11.2. The molecule has 0 bridgehead atoms. The molecule has 36 heavy (non-hydrogen) atoms. The average molecular weight is 516 g/mol. The topological polar surface area (TPSA) is 75.5 Å². The van der Waals surface area contributed by atoms with Crippen molar-refractivity contribution in [3.8, 4) is 5.75 Å². The number of carboxylic acid groups (broad SMARTS) is 1. The summed E-state index contributed by atoms with van der Waals surface area (Å²) in [7, 11) is 1.57. The lowest BCUT2D eigenvalue weighted by Gasteiger charge is -2.36. The van der Waals surface area contributed by atoms with Crippen LogP contribution in [-0.2, 0) is 4.79 Å². The number of thioether (sulfide) groups is 1. The highest BCUT2D eigenvalue weighted by molar-refractivity contribution is 7.99. The van der Waals surface area contributed by atoms with Gasteiger partial charge in [-0.05, 0) is 86.7 Å². The number of piperidine rings is 1. The molecule has 0 amide bonds. The summed E-state index contributed by atoms with van der Waals surface area (Å²) in [6, 6.07) is 11.8. The number of aromatic nitrogens is 2. The predicted molar refractivity (Wildman–Crippen MR) is 137 cm³/mol. The van der Waals surface area contributed by atoms with Crippen LogP contribution in [0, 0.1) is 17.8 Å². The molecular weight excluding hydrogens is 484 g/mol. The lowest BCUT2D eigenvalue weighted by Crippen LogP contribution is -2.44. The van der Waals surface area contributed by atoms with Crippen LogP contribution >= 0.6 is 11.8 Å². The third-order valence-corrected chi connectivity index (χ3v) is 7.84. The molecule has 1 aliphatic rings. The van der Waals surface area contributed by atoms with Crippen molar-refractivity contribution in [2.75, 3.05) is 32.5 Å². The van der Waals surface area contributed by atoms with Gasteiger partial charge in [0.1, 0.15) is 11.9 Å². The maximum atomic E-state index is 15.4. The first kappa shape index (κ1) is 26.3. The van der Waals surface area contributed by atoms with Crippen molar-refractivity contribution >= 4 is 28.6 Å². The number of likely N-dealkylation sites (tertiary alicyclic amines) is 1. The van der Waals surface area contributed by atoms with Crippen molar-refractivity contribution in [1.82, 2.24) is 14.9 Å². The number of carbonyl (C=O) groups is 1. The Labute approximate surface area is 214 Å². The van der Waals surface area contributed by atoms with E-state index in [9.17, 15) is 14.3 Å². The summed E-state index contributed by atoms with van der Waals surface area (Å²) in [5.41, 5.74) is 1.27. The minimum absolute atomic E-state index is 0.0643. The smallest absolute Gasteiger partial charge is 0.308 e. The number of alkyl halides is 1. The highest BCUT2D eigenvalue weighted by Crippen LogP contribution is 2.35. The molecule has 0 radical (unpaired) electrons. The van der Waals surface area contributed by atoms with E-state index in [-0.39, 0.29) is 12.3 Å². The van der Waals surface area contributed by atoms with E-state index in [0.29, 0.717) is 34.8 Å². The van der Waals surface area contributed by atoms with E-state index < -0.39 is 24.0 Å². The van der Waals surface area contributed by atoms with Crippen LogP contribution in [0.3, 0.4) is 0 Å². The van der Waals surface area contributed by atoms with Gasteiger partial charge in [-0.3, -0.25) is 9.78 Å². The zero-order valence-corrected chi connectivity index (χ0v) is 21.1. The number of benzene rings is 1. The van der Waals surface area contributed by atoms with Gasteiger partial charge >= 0.3 is 5.97 Å². The largest absolute Gasteiger partial charge is 0.497 e. The van der Waals surface area contributed by atoms with Crippen LogP contribution in [0.15, 0.2) is 53.7 Å². The summed E-state index contributed by atoms with van der Waals surface area (Å²) in [4.78, 5) is 22.4. The average Bonchev–Trinajstić information content (AvgIpc) is 2.89. The Morgan fingerprint density at radius 3 is 2.94 bits per heavy atom. The number of methoxy groups -OCH3 is 1. The van der Waals surface area contributed by atoms with Gasteiger partial charge < -0.3 is 14.7 Å². The van der Waals surface area contributed by atoms with Crippen molar-refractivity contribution in [2.45, 2.75) is 36.9 Å². The minimum Gasteiger partial charge on any atom is -0.497 e. The lowest BCUT2D eigenvalue weighted by molar-refractivity contribution is -0.146. The summed E-state index contributed by atoms with van der Waals surface area (Å²) in [6.07, 6.45) is 2.77. The Kier molecular flexibility index (Phi) is 9.09. The third kappa shape index (κ3) is 6.70. The number of hydrogen-bond acceptors (Lipinski definition) is 6. The molecular formula is C27H31F2N3O3S. The second-order valence-corrected chi connectivity index (χ2v) is 10.2. The fourth-order valence-corrected chi connectivity index (χ4v) is 5.70. The van der Waals surface area contributed by atoms with Gasteiger partial charge in [-0.15, -0.1) is 11.8 Å². The summed E-state index contributed by atoms with van der Waals surface area (Å²) < 4.78 is 33.9. The van der Waals surface area contributed by atoms with Gasteiger partial charge in [0.15, 0.2) is 0 Å². The Morgan fingerprint density at radius 1 is 1.31 bits per heavy atom.